The number of aliphatic hydroxyl groups excluding tert-OH is 1. The predicted molar refractivity (Wildman–Crippen MR) is 46.6 cm³/mol. The summed E-state index contributed by atoms with van der Waals surface area (Å²) in [4.78, 5) is -0.433. The number of halogens is 2. The van der Waals surface area contributed by atoms with Gasteiger partial charge in [0.05, 0.1) is 4.87 Å². The zero-order chi connectivity index (χ0) is 7.78. The summed E-state index contributed by atoms with van der Waals surface area (Å²) in [7, 11) is 0. The molecular weight excluding hydrogens is 215 g/mol. The van der Waals surface area contributed by atoms with Gasteiger partial charge >= 0.3 is 0 Å². The molecule has 1 aliphatic rings. The van der Waals surface area contributed by atoms with E-state index < -0.39 is 4.87 Å². The van der Waals surface area contributed by atoms with Gasteiger partial charge in [0.2, 0.25) is 0 Å². The fourth-order valence-electron chi connectivity index (χ4n) is 0.943. The number of hydrogen-bond donors (Lipinski definition) is 1. The third-order valence-electron chi connectivity index (χ3n) is 1.27. The molecule has 0 aromatic carbocycles. The van der Waals surface area contributed by atoms with Crippen LogP contribution in [-0.2, 0) is 0 Å². The summed E-state index contributed by atoms with van der Waals surface area (Å²) in [6, 6.07) is 0. The second kappa shape index (κ2) is 2.59. The fourth-order valence-corrected chi connectivity index (χ4v) is 2.18. The largest absolute Gasteiger partial charge is 0.508 e. The number of allylic oxidation sites excluding steroid dienone is 3. The quantitative estimate of drug-likeness (QED) is 0.626. The van der Waals surface area contributed by atoms with Gasteiger partial charge in [-0.15, -0.1) is 11.6 Å². The van der Waals surface area contributed by atoms with Crippen LogP contribution in [0.5, 0.6) is 0 Å². The lowest BCUT2D eigenvalue weighted by Crippen LogP contribution is -2.16. The molecule has 0 aliphatic heterocycles. The third kappa shape index (κ3) is 2.03. The Kier molecular flexibility index (Phi) is 2.11. The molecule has 1 N–H and O–H groups in total. The molecular formula is C7H8BrClO. The molecule has 1 atom stereocenters. The molecule has 0 aromatic rings. The summed E-state index contributed by atoms with van der Waals surface area (Å²) in [6.07, 6.45) is 4.03. The zero-order valence-corrected chi connectivity index (χ0v) is 7.91. The van der Waals surface area contributed by atoms with E-state index in [-0.39, 0.29) is 5.76 Å². The Morgan fingerprint density at radius 2 is 2.40 bits per heavy atom. The highest BCUT2D eigenvalue weighted by Gasteiger charge is 2.23. The molecule has 0 fully saturated rings. The van der Waals surface area contributed by atoms with E-state index in [0.29, 0.717) is 0 Å². The van der Waals surface area contributed by atoms with Crippen molar-refractivity contribution in [1.29, 1.82) is 0 Å². The molecule has 1 aliphatic carbocycles. The highest BCUT2D eigenvalue weighted by Crippen LogP contribution is 2.33. The van der Waals surface area contributed by atoms with E-state index in [1.807, 2.05) is 6.92 Å². The van der Waals surface area contributed by atoms with Gasteiger partial charge in [-0.3, -0.25) is 0 Å². The summed E-state index contributed by atoms with van der Waals surface area (Å²) in [5.41, 5.74) is 0. The molecule has 56 valence electrons. The Morgan fingerprint density at radius 1 is 1.80 bits per heavy atom. The van der Waals surface area contributed by atoms with Crippen molar-refractivity contribution < 1.29 is 5.11 Å². The van der Waals surface area contributed by atoms with Gasteiger partial charge in [0.25, 0.3) is 0 Å². The van der Waals surface area contributed by atoms with Gasteiger partial charge < -0.3 is 5.11 Å². The minimum Gasteiger partial charge on any atom is -0.508 e. The molecule has 0 aromatic heterocycles. The van der Waals surface area contributed by atoms with Crippen LogP contribution >= 0.6 is 27.5 Å². The second-order valence-electron chi connectivity index (χ2n) is 2.62. The van der Waals surface area contributed by atoms with Gasteiger partial charge in [-0.25, -0.2) is 0 Å². The van der Waals surface area contributed by atoms with Crippen LogP contribution in [0.15, 0.2) is 22.4 Å². The van der Waals surface area contributed by atoms with Gasteiger partial charge in [0.15, 0.2) is 0 Å². The second-order valence-corrected chi connectivity index (χ2v) is 4.50. The van der Waals surface area contributed by atoms with Crippen LogP contribution in [0.1, 0.15) is 13.3 Å². The van der Waals surface area contributed by atoms with E-state index in [2.05, 4.69) is 15.9 Å². The van der Waals surface area contributed by atoms with Crippen LogP contribution < -0.4 is 0 Å². The first kappa shape index (κ1) is 8.15. The molecule has 10 heavy (non-hydrogen) atoms. The SMILES string of the molecule is CC1(Cl)C=C(O)C=C(Br)C1. The highest BCUT2D eigenvalue weighted by atomic mass is 79.9. The molecule has 0 saturated carbocycles. The molecule has 0 heterocycles. The van der Waals surface area contributed by atoms with Crippen molar-refractivity contribution in [3.05, 3.63) is 22.4 Å². The van der Waals surface area contributed by atoms with Crippen molar-refractivity contribution in [3.63, 3.8) is 0 Å². The lowest BCUT2D eigenvalue weighted by atomic mass is 10.0. The van der Waals surface area contributed by atoms with Gasteiger partial charge in [0, 0.05) is 10.9 Å². The Labute approximate surface area is 73.5 Å². The van der Waals surface area contributed by atoms with Crippen molar-refractivity contribution in [2.45, 2.75) is 18.2 Å². The molecule has 1 nitrogen and oxygen atoms in total. The van der Waals surface area contributed by atoms with Crippen LogP contribution in [-0.4, -0.2) is 9.98 Å². The van der Waals surface area contributed by atoms with Gasteiger partial charge in [-0.05, 0) is 19.1 Å². The first-order valence-corrected chi connectivity index (χ1v) is 4.13. The Bertz CT molecular complexity index is 206. The Morgan fingerprint density at radius 3 is 2.80 bits per heavy atom. The minimum atomic E-state index is -0.433. The first-order valence-electron chi connectivity index (χ1n) is 2.96. The minimum absolute atomic E-state index is 0.232. The molecule has 0 spiro atoms. The Balaban J connectivity index is 2.88. The third-order valence-corrected chi connectivity index (χ3v) is 2.02. The maximum atomic E-state index is 9.09. The molecule has 1 rings (SSSR count). The molecule has 0 saturated heterocycles. The van der Waals surface area contributed by atoms with Gasteiger partial charge in [-0.2, -0.15) is 0 Å². The van der Waals surface area contributed by atoms with Crippen molar-refractivity contribution in [3.8, 4) is 0 Å². The lowest BCUT2D eigenvalue weighted by Gasteiger charge is -2.20. The van der Waals surface area contributed by atoms with Crippen molar-refractivity contribution in [2.75, 3.05) is 0 Å². The van der Waals surface area contributed by atoms with Crippen molar-refractivity contribution >= 4 is 27.5 Å². The molecule has 0 bridgehead atoms. The standard InChI is InChI=1S/C7H8BrClO/c1-7(9)3-5(8)2-6(10)4-7/h2,4,10H,3H2,1H3. The number of aliphatic hydroxyl groups is 1. The highest BCUT2D eigenvalue weighted by molar-refractivity contribution is 9.11. The zero-order valence-electron chi connectivity index (χ0n) is 5.56. The summed E-state index contributed by atoms with van der Waals surface area (Å²) >= 11 is 9.23. The summed E-state index contributed by atoms with van der Waals surface area (Å²) in [5.74, 6) is 0.232. The first-order chi connectivity index (χ1) is 4.49. The van der Waals surface area contributed by atoms with Crippen LogP contribution in [0.2, 0.25) is 0 Å². The van der Waals surface area contributed by atoms with Crippen LogP contribution in [0.4, 0.5) is 0 Å². The van der Waals surface area contributed by atoms with Gasteiger partial charge in [-0.1, -0.05) is 15.9 Å². The van der Waals surface area contributed by atoms with E-state index in [1.54, 1.807) is 12.2 Å². The average molecular weight is 223 g/mol. The summed E-state index contributed by atoms with van der Waals surface area (Å²) in [6.45, 7) is 1.86. The van der Waals surface area contributed by atoms with Gasteiger partial charge in [0.1, 0.15) is 5.76 Å². The molecule has 3 heteroatoms. The van der Waals surface area contributed by atoms with Crippen molar-refractivity contribution in [1.82, 2.24) is 0 Å². The van der Waals surface area contributed by atoms with E-state index in [4.69, 9.17) is 16.7 Å². The summed E-state index contributed by atoms with van der Waals surface area (Å²) in [5, 5.41) is 9.09. The van der Waals surface area contributed by atoms with E-state index in [0.717, 1.165) is 10.9 Å². The van der Waals surface area contributed by atoms with E-state index in [9.17, 15) is 0 Å². The molecule has 0 radical (unpaired) electrons. The van der Waals surface area contributed by atoms with E-state index >= 15 is 0 Å². The molecule has 1 unspecified atom stereocenters. The normalized spacial score (nSPS) is 33.1. The fraction of sp³-hybridized carbons (Fsp3) is 0.429. The number of rotatable bonds is 0. The number of hydrogen-bond acceptors (Lipinski definition) is 1. The van der Waals surface area contributed by atoms with Crippen LogP contribution in [0, 0.1) is 0 Å². The monoisotopic (exact) mass is 222 g/mol. The van der Waals surface area contributed by atoms with E-state index in [1.165, 1.54) is 0 Å². The topological polar surface area (TPSA) is 20.2 Å². The maximum absolute atomic E-state index is 9.09. The van der Waals surface area contributed by atoms with Crippen LogP contribution in [0.25, 0.3) is 0 Å². The number of alkyl halides is 1. The lowest BCUT2D eigenvalue weighted by molar-refractivity contribution is 0.421. The maximum Gasteiger partial charge on any atom is 0.114 e. The smallest absolute Gasteiger partial charge is 0.114 e. The Hall–Kier alpha value is 0.0500. The van der Waals surface area contributed by atoms with Crippen molar-refractivity contribution in [2.24, 2.45) is 0 Å². The molecule has 0 amide bonds. The average Bonchev–Trinajstić information content (AvgIpc) is 1.54. The summed E-state index contributed by atoms with van der Waals surface area (Å²) < 4.78 is 0.935. The predicted octanol–water partition coefficient (Wildman–Crippen LogP) is 3.11. The van der Waals surface area contributed by atoms with Crippen LogP contribution in [0.3, 0.4) is 0 Å².